The summed E-state index contributed by atoms with van der Waals surface area (Å²) >= 11 is 0. The van der Waals surface area contributed by atoms with Crippen LogP contribution in [0.5, 0.6) is 0 Å². The van der Waals surface area contributed by atoms with Crippen molar-refractivity contribution in [2.24, 2.45) is 5.92 Å². The summed E-state index contributed by atoms with van der Waals surface area (Å²) in [7, 11) is -3.55. The van der Waals surface area contributed by atoms with E-state index >= 15 is 0 Å². The van der Waals surface area contributed by atoms with Crippen molar-refractivity contribution in [2.75, 3.05) is 6.54 Å². The number of hydrogen-bond acceptors (Lipinski definition) is 4. The fourth-order valence-electron chi connectivity index (χ4n) is 1.31. The summed E-state index contributed by atoms with van der Waals surface area (Å²) in [4.78, 5) is 0. The molecule has 15 heavy (non-hydrogen) atoms. The van der Waals surface area contributed by atoms with Crippen molar-refractivity contribution in [1.29, 1.82) is 0 Å². The van der Waals surface area contributed by atoms with Gasteiger partial charge in [0.05, 0.1) is 12.3 Å². The van der Waals surface area contributed by atoms with Crippen molar-refractivity contribution in [2.45, 2.75) is 24.0 Å². The van der Waals surface area contributed by atoms with Crippen LogP contribution < -0.4 is 4.72 Å². The Hall–Kier alpha value is -0.920. The van der Waals surface area contributed by atoms with Crippen LogP contribution in [0.2, 0.25) is 0 Å². The molecular formula is C8H13N3O3S. The summed E-state index contributed by atoms with van der Waals surface area (Å²) in [6.45, 7) is 0.0615. The number of rotatable bonds is 5. The summed E-state index contributed by atoms with van der Waals surface area (Å²) < 4.78 is 25.4. The molecule has 1 unspecified atom stereocenters. The average Bonchev–Trinajstić information content (AvgIpc) is 2.89. The molecular weight excluding hydrogens is 218 g/mol. The summed E-state index contributed by atoms with van der Waals surface area (Å²) in [5.41, 5.74) is 0. The maximum Gasteiger partial charge on any atom is 0.257 e. The van der Waals surface area contributed by atoms with Crippen LogP contribution >= 0.6 is 0 Å². The largest absolute Gasteiger partial charge is 0.391 e. The molecule has 0 aromatic carbocycles. The number of hydrogen-bond donors (Lipinski definition) is 3. The van der Waals surface area contributed by atoms with Gasteiger partial charge in [-0.1, -0.05) is 0 Å². The molecule has 1 aliphatic rings. The number of sulfonamides is 1. The van der Waals surface area contributed by atoms with E-state index in [4.69, 9.17) is 0 Å². The lowest BCUT2D eigenvalue weighted by molar-refractivity contribution is 0.155. The number of H-pyrrole nitrogens is 1. The minimum atomic E-state index is -3.55. The predicted molar refractivity (Wildman–Crippen MR) is 52.5 cm³/mol. The molecule has 7 heteroatoms. The highest BCUT2D eigenvalue weighted by molar-refractivity contribution is 7.89. The van der Waals surface area contributed by atoms with E-state index in [0.29, 0.717) is 0 Å². The molecule has 0 aliphatic heterocycles. The lowest BCUT2D eigenvalue weighted by atomic mass is 10.2. The SMILES string of the molecule is O=S(=O)(NCC(O)C1CC1)c1ccn[nH]1. The standard InChI is InChI=1S/C8H13N3O3S/c12-7(6-1-2-6)5-10-15(13,14)8-3-4-9-11-8/h3-4,6-7,10,12H,1-2,5H2,(H,9,11). The molecule has 1 aliphatic carbocycles. The monoisotopic (exact) mass is 231 g/mol. The van der Waals surface area contributed by atoms with Gasteiger partial charge in [0.1, 0.15) is 0 Å². The van der Waals surface area contributed by atoms with Gasteiger partial charge in [-0.15, -0.1) is 0 Å². The van der Waals surface area contributed by atoms with Crippen LogP contribution in [0.3, 0.4) is 0 Å². The molecule has 1 atom stereocenters. The normalized spacial score (nSPS) is 19.0. The van der Waals surface area contributed by atoms with E-state index in [9.17, 15) is 13.5 Å². The van der Waals surface area contributed by atoms with Gasteiger partial charge >= 0.3 is 0 Å². The minimum absolute atomic E-state index is 0.0190. The number of aromatic amines is 1. The van der Waals surface area contributed by atoms with Gasteiger partial charge in [0.2, 0.25) is 0 Å². The van der Waals surface area contributed by atoms with Crippen molar-refractivity contribution >= 4 is 10.0 Å². The molecule has 1 aromatic rings. The number of aromatic nitrogens is 2. The maximum atomic E-state index is 11.5. The van der Waals surface area contributed by atoms with Gasteiger partial charge < -0.3 is 5.11 Å². The second-order valence-corrected chi connectivity index (χ2v) is 5.41. The number of nitrogens with one attached hydrogen (secondary N) is 2. The third-order valence-electron chi connectivity index (χ3n) is 2.41. The molecule has 0 saturated heterocycles. The molecule has 0 radical (unpaired) electrons. The first kappa shape index (κ1) is 10.6. The van der Waals surface area contributed by atoms with Crippen molar-refractivity contribution in [3.63, 3.8) is 0 Å². The molecule has 3 N–H and O–H groups in total. The Morgan fingerprint density at radius 2 is 2.40 bits per heavy atom. The Bertz CT molecular complexity index is 410. The van der Waals surface area contributed by atoms with Crippen LogP contribution in [0.25, 0.3) is 0 Å². The van der Waals surface area contributed by atoms with Crippen LogP contribution in [0.15, 0.2) is 17.3 Å². The Balaban J connectivity index is 1.93. The Kier molecular flexibility index (Phi) is 2.76. The lowest BCUT2D eigenvalue weighted by Crippen LogP contribution is -2.33. The average molecular weight is 231 g/mol. The van der Waals surface area contributed by atoms with Crippen LogP contribution in [0.4, 0.5) is 0 Å². The topological polar surface area (TPSA) is 95.1 Å². The third kappa shape index (κ3) is 2.55. The number of aliphatic hydroxyl groups excluding tert-OH is 1. The van der Waals surface area contributed by atoms with Crippen LogP contribution in [-0.4, -0.2) is 36.4 Å². The maximum absolute atomic E-state index is 11.5. The summed E-state index contributed by atoms with van der Waals surface area (Å²) in [5.74, 6) is 0.259. The van der Waals surface area contributed by atoms with Crippen molar-refractivity contribution in [3.8, 4) is 0 Å². The lowest BCUT2D eigenvalue weighted by Gasteiger charge is -2.09. The van der Waals surface area contributed by atoms with Crippen LogP contribution in [0, 0.1) is 5.92 Å². The zero-order chi connectivity index (χ0) is 10.9. The van der Waals surface area contributed by atoms with Crippen LogP contribution in [-0.2, 0) is 10.0 Å². The second-order valence-electron chi connectivity index (χ2n) is 3.68. The zero-order valence-corrected chi connectivity index (χ0v) is 8.87. The highest BCUT2D eigenvalue weighted by Crippen LogP contribution is 2.32. The highest BCUT2D eigenvalue weighted by Gasteiger charge is 2.30. The van der Waals surface area contributed by atoms with Crippen LogP contribution in [0.1, 0.15) is 12.8 Å². The fourth-order valence-corrected chi connectivity index (χ4v) is 2.27. The second kappa shape index (κ2) is 3.92. The summed E-state index contributed by atoms with van der Waals surface area (Å²) in [6, 6.07) is 1.37. The number of aliphatic hydroxyl groups is 1. The first-order valence-corrected chi connectivity index (χ1v) is 6.25. The first-order chi connectivity index (χ1) is 7.09. The van der Waals surface area contributed by atoms with Gasteiger partial charge in [-0.3, -0.25) is 5.10 Å². The fraction of sp³-hybridized carbons (Fsp3) is 0.625. The molecule has 1 heterocycles. The molecule has 0 spiro atoms. The predicted octanol–water partition coefficient (Wildman–Crippen LogP) is -0.541. The van der Waals surface area contributed by atoms with Gasteiger partial charge in [0.15, 0.2) is 5.03 Å². The van der Waals surface area contributed by atoms with Crippen molar-refractivity contribution < 1.29 is 13.5 Å². The van der Waals surface area contributed by atoms with E-state index in [-0.39, 0.29) is 17.5 Å². The summed E-state index contributed by atoms with van der Waals surface area (Å²) in [6.07, 6.45) is 2.74. The van der Waals surface area contributed by atoms with E-state index in [1.165, 1.54) is 12.3 Å². The minimum Gasteiger partial charge on any atom is -0.391 e. The van der Waals surface area contributed by atoms with E-state index in [1.54, 1.807) is 0 Å². The molecule has 6 nitrogen and oxygen atoms in total. The molecule has 1 saturated carbocycles. The molecule has 1 aromatic heterocycles. The van der Waals surface area contributed by atoms with Gasteiger partial charge in [-0.2, -0.15) is 5.10 Å². The first-order valence-electron chi connectivity index (χ1n) is 4.77. The zero-order valence-electron chi connectivity index (χ0n) is 8.05. The quantitative estimate of drug-likeness (QED) is 0.634. The molecule has 0 bridgehead atoms. The highest BCUT2D eigenvalue weighted by atomic mass is 32.2. The molecule has 2 rings (SSSR count). The van der Waals surface area contributed by atoms with Gasteiger partial charge in [-0.05, 0) is 24.8 Å². The Morgan fingerprint density at radius 1 is 1.67 bits per heavy atom. The summed E-state index contributed by atoms with van der Waals surface area (Å²) in [5, 5.41) is 15.4. The third-order valence-corrected chi connectivity index (χ3v) is 3.77. The molecule has 0 amide bonds. The Morgan fingerprint density at radius 3 is 2.93 bits per heavy atom. The molecule has 1 fully saturated rings. The van der Waals surface area contributed by atoms with Crippen molar-refractivity contribution in [3.05, 3.63) is 12.3 Å². The smallest absolute Gasteiger partial charge is 0.257 e. The Labute approximate surface area is 87.8 Å². The van der Waals surface area contributed by atoms with Gasteiger partial charge in [0.25, 0.3) is 10.0 Å². The van der Waals surface area contributed by atoms with Gasteiger partial charge in [-0.25, -0.2) is 13.1 Å². The molecule has 84 valence electrons. The van der Waals surface area contributed by atoms with E-state index < -0.39 is 16.1 Å². The van der Waals surface area contributed by atoms with Crippen molar-refractivity contribution in [1.82, 2.24) is 14.9 Å². The van der Waals surface area contributed by atoms with Gasteiger partial charge in [0, 0.05) is 6.54 Å². The van der Waals surface area contributed by atoms with E-state index in [0.717, 1.165) is 12.8 Å². The van der Waals surface area contributed by atoms with E-state index in [2.05, 4.69) is 14.9 Å². The van der Waals surface area contributed by atoms with E-state index in [1.807, 2.05) is 0 Å². The number of nitrogens with zero attached hydrogens (tertiary/aromatic N) is 1.